The van der Waals surface area contributed by atoms with E-state index in [1.165, 1.54) is 7.11 Å². The van der Waals surface area contributed by atoms with E-state index in [1.807, 2.05) is 36.1 Å². The molecule has 1 heterocycles. The van der Waals surface area contributed by atoms with Crippen molar-refractivity contribution in [2.24, 2.45) is 0 Å². The van der Waals surface area contributed by atoms with Crippen LogP contribution >= 0.6 is 0 Å². The number of rotatable bonds is 9. The minimum Gasteiger partial charge on any atom is -0.497 e. The molecule has 0 bridgehead atoms. The Kier molecular flexibility index (Phi) is 7.84. The Hall–Kier alpha value is -3.22. The first kappa shape index (κ1) is 24.4. The summed E-state index contributed by atoms with van der Waals surface area (Å²) in [4.78, 5) is 31.0. The number of nitrogens with zero attached hydrogens (tertiary/aromatic N) is 2. The van der Waals surface area contributed by atoms with E-state index in [-0.39, 0.29) is 11.8 Å². The molecule has 7 nitrogen and oxygen atoms in total. The van der Waals surface area contributed by atoms with Gasteiger partial charge < -0.3 is 24.0 Å². The van der Waals surface area contributed by atoms with Crippen molar-refractivity contribution in [2.45, 2.75) is 38.6 Å². The van der Waals surface area contributed by atoms with Crippen LogP contribution in [0.3, 0.4) is 0 Å². The summed E-state index contributed by atoms with van der Waals surface area (Å²) in [6.07, 6.45) is 1.92. The highest BCUT2D eigenvalue weighted by Crippen LogP contribution is 2.46. The van der Waals surface area contributed by atoms with Crippen LogP contribution in [-0.4, -0.2) is 63.1 Å². The Bertz CT molecular complexity index is 989. The Balaban J connectivity index is 2.21. The fraction of sp³-hybridized carbons (Fsp3) is 0.462. The quantitative estimate of drug-likeness (QED) is 0.566. The number of carbonyl (C=O) groups is 2. The number of ether oxygens (including phenoxy) is 3. The zero-order valence-electron chi connectivity index (χ0n) is 20.4. The van der Waals surface area contributed by atoms with Gasteiger partial charge in [-0.25, -0.2) is 0 Å². The standard InChI is InChI=1S/C26H34N2O5/c1-7-9-14-28(8-2)26(30)23-19-15-21(32-5)22(33-6)16-20(19)25(29)27(3)24(23)17-10-12-18(31-4)13-11-17/h10-13,15-16,23-24H,7-9,14H2,1-6H3. The first-order chi connectivity index (χ1) is 15.9. The SMILES string of the molecule is CCCCN(CC)C(=O)C1c2cc(OC)c(OC)cc2C(=O)N(C)C1c1ccc(OC)cc1. The lowest BCUT2D eigenvalue weighted by Gasteiger charge is -2.41. The summed E-state index contributed by atoms with van der Waals surface area (Å²) in [6.45, 7) is 5.38. The Morgan fingerprint density at radius 1 is 1.00 bits per heavy atom. The molecule has 0 fully saturated rings. The highest BCUT2D eigenvalue weighted by atomic mass is 16.5. The normalized spacial score (nSPS) is 17.4. The molecule has 0 saturated carbocycles. The van der Waals surface area contributed by atoms with E-state index in [1.54, 1.807) is 38.3 Å². The van der Waals surface area contributed by atoms with Gasteiger partial charge in [0.15, 0.2) is 11.5 Å². The highest BCUT2D eigenvalue weighted by Gasteiger charge is 2.44. The van der Waals surface area contributed by atoms with Crippen LogP contribution in [0.25, 0.3) is 0 Å². The number of benzene rings is 2. The molecule has 0 N–H and O–H groups in total. The number of fused-ring (bicyclic) bond motifs is 1. The number of likely N-dealkylation sites (N-methyl/N-ethyl adjacent to an activating group) is 2. The topological polar surface area (TPSA) is 68.3 Å². The van der Waals surface area contributed by atoms with Crippen molar-refractivity contribution in [3.05, 3.63) is 53.1 Å². The van der Waals surface area contributed by atoms with Crippen molar-refractivity contribution in [2.75, 3.05) is 41.5 Å². The second kappa shape index (κ2) is 10.6. The van der Waals surface area contributed by atoms with Crippen LogP contribution in [-0.2, 0) is 4.79 Å². The first-order valence-corrected chi connectivity index (χ1v) is 11.4. The summed E-state index contributed by atoms with van der Waals surface area (Å²) >= 11 is 0. The molecule has 2 amide bonds. The molecule has 2 unspecified atom stereocenters. The number of hydrogen-bond donors (Lipinski definition) is 0. The van der Waals surface area contributed by atoms with E-state index in [0.29, 0.717) is 35.7 Å². The van der Waals surface area contributed by atoms with Gasteiger partial charge in [-0.1, -0.05) is 25.5 Å². The van der Waals surface area contributed by atoms with Crippen molar-refractivity contribution < 1.29 is 23.8 Å². The lowest BCUT2D eigenvalue weighted by Crippen LogP contribution is -2.47. The predicted octanol–water partition coefficient (Wildman–Crippen LogP) is 4.27. The summed E-state index contributed by atoms with van der Waals surface area (Å²) in [5.74, 6) is 0.943. The molecule has 2 atom stereocenters. The smallest absolute Gasteiger partial charge is 0.254 e. The average Bonchev–Trinajstić information content (AvgIpc) is 2.85. The largest absolute Gasteiger partial charge is 0.497 e. The van der Waals surface area contributed by atoms with Crippen molar-refractivity contribution in [1.29, 1.82) is 0 Å². The molecule has 0 saturated heterocycles. The summed E-state index contributed by atoms with van der Waals surface area (Å²) in [7, 11) is 6.45. The molecule has 3 rings (SSSR count). The Labute approximate surface area is 196 Å². The fourth-order valence-corrected chi connectivity index (χ4v) is 4.50. The van der Waals surface area contributed by atoms with Gasteiger partial charge in [0, 0.05) is 25.7 Å². The van der Waals surface area contributed by atoms with Gasteiger partial charge in [0.1, 0.15) is 5.75 Å². The van der Waals surface area contributed by atoms with E-state index in [2.05, 4.69) is 6.92 Å². The molecule has 0 aliphatic carbocycles. The lowest BCUT2D eigenvalue weighted by atomic mass is 9.78. The Morgan fingerprint density at radius 3 is 2.18 bits per heavy atom. The van der Waals surface area contributed by atoms with Crippen LogP contribution in [0.1, 0.15) is 60.1 Å². The second-order valence-corrected chi connectivity index (χ2v) is 8.18. The molecule has 0 radical (unpaired) electrons. The molecular weight excluding hydrogens is 420 g/mol. The van der Waals surface area contributed by atoms with Crippen LogP contribution < -0.4 is 14.2 Å². The second-order valence-electron chi connectivity index (χ2n) is 8.18. The molecule has 0 spiro atoms. The zero-order valence-corrected chi connectivity index (χ0v) is 20.4. The summed E-state index contributed by atoms with van der Waals surface area (Å²) < 4.78 is 16.3. The van der Waals surface area contributed by atoms with E-state index in [0.717, 1.165) is 24.2 Å². The van der Waals surface area contributed by atoms with Gasteiger partial charge in [0.2, 0.25) is 5.91 Å². The molecule has 1 aliphatic heterocycles. The third-order valence-corrected chi connectivity index (χ3v) is 6.37. The predicted molar refractivity (Wildman–Crippen MR) is 127 cm³/mol. The van der Waals surface area contributed by atoms with Gasteiger partial charge in [-0.2, -0.15) is 0 Å². The summed E-state index contributed by atoms with van der Waals surface area (Å²) in [5.41, 5.74) is 2.00. The Morgan fingerprint density at radius 2 is 1.64 bits per heavy atom. The minimum absolute atomic E-state index is 0.000382. The molecule has 2 aromatic rings. The van der Waals surface area contributed by atoms with Gasteiger partial charge in [0.25, 0.3) is 5.91 Å². The highest BCUT2D eigenvalue weighted by molar-refractivity contribution is 6.02. The van der Waals surface area contributed by atoms with Gasteiger partial charge in [-0.15, -0.1) is 0 Å². The molecule has 0 aromatic heterocycles. The maximum Gasteiger partial charge on any atom is 0.254 e. The molecule has 2 aromatic carbocycles. The number of carbonyl (C=O) groups excluding carboxylic acids is 2. The first-order valence-electron chi connectivity index (χ1n) is 11.4. The van der Waals surface area contributed by atoms with Crippen molar-refractivity contribution in [3.8, 4) is 17.2 Å². The third kappa shape index (κ3) is 4.63. The van der Waals surface area contributed by atoms with Gasteiger partial charge in [-0.05, 0) is 48.7 Å². The van der Waals surface area contributed by atoms with E-state index in [9.17, 15) is 9.59 Å². The van der Waals surface area contributed by atoms with Crippen molar-refractivity contribution in [3.63, 3.8) is 0 Å². The van der Waals surface area contributed by atoms with Crippen LogP contribution in [0.4, 0.5) is 0 Å². The maximum absolute atomic E-state index is 14.0. The van der Waals surface area contributed by atoms with Crippen LogP contribution in [0, 0.1) is 0 Å². The van der Waals surface area contributed by atoms with E-state index < -0.39 is 12.0 Å². The van der Waals surface area contributed by atoms with Gasteiger partial charge >= 0.3 is 0 Å². The minimum atomic E-state index is -0.576. The number of hydrogen-bond acceptors (Lipinski definition) is 5. The van der Waals surface area contributed by atoms with Crippen LogP contribution in [0.5, 0.6) is 17.2 Å². The molecule has 33 heavy (non-hydrogen) atoms. The van der Waals surface area contributed by atoms with Gasteiger partial charge in [0.05, 0.1) is 33.3 Å². The summed E-state index contributed by atoms with van der Waals surface area (Å²) in [6, 6.07) is 10.5. The zero-order chi connectivity index (χ0) is 24.1. The number of unbranched alkanes of at least 4 members (excludes halogenated alkanes) is 1. The molecule has 7 heteroatoms. The van der Waals surface area contributed by atoms with E-state index in [4.69, 9.17) is 14.2 Å². The van der Waals surface area contributed by atoms with E-state index >= 15 is 0 Å². The monoisotopic (exact) mass is 454 g/mol. The maximum atomic E-state index is 14.0. The number of methoxy groups -OCH3 is 3. The average molecular weight is 455 g/mol. The van der Waals surface area contributed by atoms with Gasteiger partial charge in [-0.3, -0.25) is 9.59 Å². The lowest BCUT2D eigenvalue weighted by molar-refractivity contribution is -0.134. The van der Waals surface area contributed by atoms with Crippen molar-refractivity contribution >= 4 is 11.8 Å². The third-order valence-electron chi connectivity index (χ3n) is 6.37. The molecular formula is C26H34N2O5. The number of amides is 2. The van der Waals surface area contributed by atoms with Crippen LogP contribution in [0.15, 0.2) is 36.4 Å². The van der Waals surface area contributed by atoms with Crippen LogP contribution in [0.2, 0.25) is 0 Å². The summed E-state index contributed by atoms with van der Waals surface area (Å²) in [5, 5.41) is 0. The molecule has 1 aliphatic rings. The fourth-order valence-electron chi connectivity index (χ4n) is 4.50. The molecule has 178 valence electrons. The van der Waals surface area contributed by atoms with Crippen molar-refractivity contribution in [1.82, 2.24) is 9.80 Å².